The average Bonchev–Trinajstić information content (AvgIpc) is 2.26. The van der Waals surface area contributed by atoms with Crippen LogP contribution >= 0.6 is 11.6 Å². The molecule has 1 rings (SSSR count). The van der Waals surface area contributed by atoms with E-state index in [4.69, 9.17) is 16.3 Å². The van der Waals surface area contributed by atoms with Gasteiger partial charge in [0.25, 0.3) is 0 Å². The lowest BCUT2D eigenvalue weighted by Crippen LogP contribution is -2.26. The highest BCUT2D eigenvalue weighted by molar-refractivity contribution is 6.32. The zero-order valence-corrected chi connectivity index (χ0v) is 13.8. The van der Waals surface area contributed by atoms with E-state index in [1.165, 1.54) is 0 Å². The fourth-order valence-corrected chi connectivity index (χ4v) is 2.31. The van der Waals surface area contributed by atoms with E-state index in [-0.39, 0.29) is 5.41 Å². The Bertz CT molecular complexity index is 513. The Morgan fingerprint density at radius 3 is 2.20 bits per heavy atom. The van der Waals surface area contributed by atoms with Crippen LogP contribution in [0.1, 0.15) is 45.7 Å². The van der Waals surface area contributed by atoms with Gasteiger partial charge in [0.05, 0.1) is 17.5 Å². The van der Waals surface area contributed by atoms with Crippen molar-refractivity contribution in [2.45, 2.75) is 46.5 Å². The first-order valence-electron chi connectivity index (χ1n) is 6.59. The molecule has 0 atom stereocenters. The molecule has 0 amide bonds. The van der Waals surface area contributed by atoms with Crippen molar-refractivity contribution in [3.05, 3.63) is 28.3 Å². The molecule has 0 heterocycles. The Balaban J connectivity index is 3.36. The number of carboxylic acids is 1. The second-order valence-corrected chi connectivity index (χ2v) is 7.17. The minimum absolute atomic E-state index is 0.0575. The Labute approximate surface area is 125 Å². The number of halogens is 1. The van der Waals surface area contributed by atoms with E-state index in [1.54, 1.807) is 21.0 Å². The third kappa shape index (κ3) is 3.66. The molecule has 0 aromatic heterocycles. The number of ether oxygens (including phenoxy) is 1. The van der Waals surface area contributed by atoms with Crippen molar-refractivity contribution in [1.29, 1.82) is 0 Å². The summed E-state index contributed by atoms with van der Waals surface area (Å²) in [4.78, 5) is 11.3. The molecule has 112 valence electrons. The molecule has 0 radical (unpaired) electrons. The van der Waals surface area contributed by atoms with Crippen molar-refractivity contribution in [3.63, 3.8) is 0 Å². The molecule has 0 saturated heterocycles. The lowest BCUT2D eigenvalue weighted by atomic mass is 9.81. The summed E-state index contributed by atoms with van der Waals surface area (Å²) in [5, 5.41) is 9.82. The smallest absolute Gasteiger partial charge is 0.309 e. The van der Waals surface area contributed by atoms with Crippen LogP contribution in [0.3, 0.4) is 0 Å². The summed E-state index contributed by atoms with van der Waals surface area (Å²) in [6, 6.07) is 3.88. The summed E-state index contributed by atoms with van der Waals surface area (Å²) in [6.45, 7) is 9.69. The van der Waals surface area contributed by atoms with E-state index < -0.39 is 11.4 Å². The van der Waals surface area contributed by atoms with Crippen LogP contribution in [-0.2, 0) is 16.6 Å². The number of methoxy groups -OCH3 is 1. The average molecular weight is 299 g/mol. The van der Waals surface area contributed by atoms with Gasteiger partial charge in [-0.05, 0) is 42.9 Å². The SMILES string of the molecule is COc1c(Cl)cc(C(C)(C)C)cc1CC(C)(C)C(=O)O. The standard InChI is InChI=1S/C16H23ClO3/c1-15(2,3)11-7-10(9-16(4,5)14(18)19)13(20-6)12(17)8-11/h7-8H,9H2,1-6H3,(H,18,19). The van der Waals surface area contributed by atoms with Crippen LogP contribution in [0.15, 0.2) is 12.1 Å². The van der Waals surface area contributed by atoms with E-state index in [0.717, 1.165) is 11.1 Å². The first kappa shape index (κ1) is 16.8. The monoisotopic (exact) mass is 298 g/mol. The third-order valence-corrected chi connectivity index (χ3v) is 3.68. The zero-order chi connectivity index (χ0) is 15.7. The van der Waals surface area contributed by atoms with E-state index in [0.29, 0.717) is 17.2 Å². The second kappa shape index (κ2) is 5.65. The lowest BCUT2D eigenvalue weighted by Gasteiger charge is -2.25. The largest absolute Gasteiger partial charge is 0.495 e. The number of aliphatic carboxylic acids is 1. The summed E-state index contributed by atoms with van der Waals surface area (Å²) >= 11 is 6.28. The fraction of sp³-hybridized carbons (Fsp3) is 0.562. The predicted octanol–water partition coefficient (Wildman–Crippen LogP) is 4.30. The van der Waals surface area contributed by atoms with Gasteiger partial charge in [-0.1, -0.05) is 38.4 Å². The van der Waals surface area contributed by atoms with Crippen LogP contribution in [0.4, 0.5) is 0 Å². The van der Waals surface area contributed by atoms with E-state index >= 15 is 0 Å². The molecule has 3 nitrogen and oxygen atoms in total. The fourth-order valence-electron chi connectivity index (χ4n) is 2.00. The van der Waals surface area contributed by atoms with Crippen LogP contribution < -0.4 is 4.74 Å². The van der Waals surface area contributed by atoms with Gasteiger partial charge in [0.2, 0.25) is 0 Å². The van der Waals surface area contributed by atoms with Gasteiger partial charge in [0.1, 0.15) is 5.75 Å². The van der Waals surface area contributed by atoms with Gasteiger partial charge in [0, 0.05) is 0 Å². The molecule has 0 spiro atoms. The topological polar surface area (TPSA) is 46.5 Å². The lowest BCUT2D eigenvalue weighted by molar-refractivity contribution is -0.146. The molecule has 0 bridgehead atoms. The highest BCUT2D eigenvalue weighted by atomic mass is 35.5. The van der Waals surface area contributed by atoms with Gasteiger partial charge in [-0.15, -0.1) is 0 Å². The number of benzene rings is 1. The molecule has 0 unspecified atom stereocenters. The maximum atomic E-state index is 11.3. The minimum atomic E-state index is -0.868. The first-order chi connectivity index (χ1) is 8.99. The summed E-state index contributed by atoms with van der Waals surface area (Å²) in [6.07, 6.45) is 0.370. The van der Waals surface area contributed by atoms with E-state index in [1.807, 2.05) is 12.1 Å². The van der Waals surface area contributed by atoms with Crippen molar-refractivity contribution in [3.8, 4) is 5.75 Å². The molecule has 0 aliphatic rings. The maximum Gasteiger partial charge on any atom is 0.309 e. The summed E-state index contributed by atoms with van der Waals surface area (Å²) in [5.74, 6) is -0.272. The normalized spacial score (nSPS) is 12.3. The molecule has 0 fully saturated rings. The van der Waals surface area contributed by atoms with Crippen molar-refractivity contribution in [1.82, 2.24) is 0 Å². The van der Waals surface area contributed by atoms with Gasteiger partial charge in [-0.3, -0.25) is 4.79 Å². The van der Waals surface area contributed by atoms with Gasteiger partial charge >= 0.3 is 5.97 Å². The quantitative estimate of drug-likeness (QED) is 0.901. The van der Waals surface area contributed by atoms with Crippen molar-refractivity contribution < 1.29 is 14.6 Å². The first-order valence-corrected chi connectivity index (χ1v) is 6.97. The van der Waals surface area contributed by atoms with Crippen molar-refractivity contribution in [2.75, 3.05) is 7.11 Å². The summed E-state index contributed by atoms with van der Waals surface area (Å²) in [5.41, 5.74) is 0.974. The van der Waals surface area contributed by atoms with Crippen LogP contribution in [0.25, 0.3) is 0 Å². The van der Waals surface area contributed by atoms with Gasteiger partial charge in [-0.2, -0.15) is 0 Å². The van der Waals surface area contributed by atoms with E-state index in [2.05, 4.69) is 20.8 Å². The Morgan fingerprint density at radius 1 is 1.25 bits per heavy atom. The number of carbonyl (C=O) groups is 1. The number of carboxylic acid groups (broad SMARTS) is 1. The Morgan fingerprint density at radius 2 is 1.80 bits per heavy atom. The highest BCUT2D eigenvalue weighted by Crippen LogP contribution is 2.37. The molecule has 0 aliphatic heterocycles. The Hall–Kier alpha value is -1.22. The van der Waals surface area contributed by atoms with Gasteiger partial charge in [0.15, 0.2) is 0 Å². The minimum Gasteiger partial charge on any atom is -0.495 e. The summed E-state index contributed by atoms with van der Waals surface area (Å²) < 4.78 is 5.34. The second-order valence-electron chi connectivity index (χ2n) is 6.77. The molecule has 0 saturated carbocycles. The van der Waals surface area contributed by atoms with Gasteiger partial charge in [-0.25, -0.2) is 0 Å². The number of hydrogen-bond acceptors (Lipinski definition) is 2. The molecular weight excluding hydrogens is 276 g/mol. The van der Waals surface area contributed by atoms with Gasteiger partial charge < -0.3 is 9.84 Å². The molecule has 0 aliphatic carbocycles. The van der Waals surface area contributed by atoms with Crippen LogP contribution in [0, 0.1) is 5.41 Å². The maximum absolute atomic E-state index is 11.3. The van der Waals surface area contributed by atoms with E-state index in [9.17, 15) is 9.90 Å². The predicted molar refractivity (Wildman–Crippen MR) is 81.8 cm³/mol. The molecular formula is C16H23ClO3. The molecule has 1 aromatic carbocycles. The molecule has 1 N–H and O–H groups in total. The highest BCUT2D eigenvalue weighted by Gasteiger charge is 2.30. The molecule has 20 heavy (non-hydrogen) atoms. The van der Waals surface area contributed by atoms with Crippen LogP contribution in [0.2, 0.25) is 5.02 Å². The summed E-state index contributed by atoms with van der Waals surface area (Å²) in [7, 11) is 1.55. The number of hydrogen-bond donors (Lipinski definition) is 1. The molecule has 1 aromatic rings. The number of rotatable bonds is 4. The Kier molecular flexibility index (Phi) is 4.75. The van der Waals surface area contributed by atoms with Crippen LogP contribution in [0.5, 0.6) is 5.75 Å². The van der Waals surface area contributed by atoms with Crippen LogP contribution in [-0.4, -0.2) is 18.2 Å². The van der Waals surface area contributed by atoms with Crippen molar-refractivity contribution >= 4 is 17.6 Å². The van der Waals surface area contributed by atoms with Crippen molar-refractivity contribution in [2.24, 2.45) is 5.41 Å². The third-order valence-electron chi connectivity index (χ3n) is 3.40. The zero-order valence-electron chi connectivity index (χ0n) is 13.0. The molecule has 4 heteroatoms.